The number of hydrogen-bond acceptors (Lipinski definition) is 4. The van der Waals surface area contributed by atoms with Gasteiger partial charge < -0.3 is 5.32 Å². The number of hydrogen-bond donors (Lipinski definition) is 1. The second-order valence-electron chi connectivity index (χ2n) is 7.07. The van der Waals surface area contributed by atoms with Gasteiger partial charge in [-0.15, -0.1) is 5.10 Å². The van der Waals surface area contributed by atoms with Gasteiger partial charge in [-0.2, -0.15) is 17.7 Å². The van der Waals surface area contributed by atoms with E-state index in [-0.39, 0.29) is 0 Å². The van der Waals surface area contributed by atoms with Crippen molar-refractivity contribution in [1.82, 2.24) is 19.8 Å². The van der Waals surface area contributed by atoms with Gasteiger partial charge in [-0.25, -0.2) is 4.98 Å². The molecular formula is C23H16F3N5. The van der Waals surface area contributed by atoms with Crippen molar-refractivity contribution < 1.29 is 13.2 Å². The second kappa shape index (κ2) is 7.39. The van der Waals surface area contributed by atoms with Crippen LogP contribution in [0.3, 0.4) is 0 Å². The molecule has 1 N–H and O–H groups in total. The fourth-order valence-corrected chi connectivity index (χ4v) is 3.51. The van der Waals surface area contributed by atoms with Crippen LogP contribution in [-0.4, -0.2) is 19.8 Å². The maximum Gasteiger partial charge on any atom is 0.416 e. The van der Waals surface area contributed by atoms with Crippen LogP contribution in [0.25, 0.3) is 27.8 Å². The normalized spacial score (nSPS) is 11.8. The highest BCUT2D eigenvalue weighted by Gasteiger charge is 2.31. The smallest absolute Gasteiger partial charge is 0.365 e. The van der Waals surface area contributed by atoms with Gasteiger partial charge in [-0.1, -0.05) is 59.8 Å². The molecule has 0 aliphatic carbocycles. The average molecular weight is 419 g/mol. The lowest BCUT2D eigenvalue weighted by molar-refractivity contribution is -0.137. The van der Waals surface area contributed by atoms with Crippen LogP contribution < -0.4 is 5.32 Å². The molecule has 0 unspecified atom stereocenters. The number of alkyl halides is 3. The first-order valence-corrected chi connectivity index (χ1v) is 9.60. The highest BCUT2D eigenvalue weighted by molar-refractivity contribution is 5.93. The number of para-hydroxylation sites is 1. The first-order valence-electron chi connectivity index (χ1n) is 9.60. The Bertz CT molecular complexity index is 1380. The van der Waals surface area contributed by atoms with E-state index in [0.29, 0.717) is 29.3 Å². The lowest BCUT2D eigenvalue weighted by Gasteiger charge is -2.11. The predicted molar refractivity (Wildman–Crippen MR) is 112 cm³/mol. The zero-order chi connectivity index (χ0) is 21.4. The van der Waals surface area contributed by atoms with Crippen molar-refractivity contribution in [2.75, 3.05) is 5.32 Å². The molecule has 0 bridgehead atoms. The van der Waals surface area contributed by atoms with Crippen LogP contribution in [-0.2, 0) is 12.7 Å². The van der Waals surface area contributed by atoms with Crippen LogP contribution in [0.1, 0.15) is 11.1 Å². The number of benzene rings is 3. The zero-order valence-electron chi connectivity index (χ0n) is 16.1. The first kappa shape index (κ1) is 19.0. The molecule has 5 rings (SSSR count). The maximum atomic E-state index is 13.2. The molecule has 5 nitrogen and oxygen atoms in total. The summed E-state index contributed by atoms with van der Waals surface area (Å²) in [4.78, 5) is 4.69. The standard InChI is InChI=1S/C23H16F3N5/c24-23(25,26)17-10-6-9-16(13-17)20-22-28-21(27-14-15-7-2-1-3-8-15)18-11-4-5-12-19(18)31(22)30-29-20/h1-13H,14H2,(H,27,28). The van der Waals surface area contributed by atoms with Crippen LogP contribution in [0.5, 0.6) is 0 Å². The van der Waals surface area contributed by atoms with Crippen LogP contribution in [0.2, 0.25) is 0 Å². The summed E-state index contributed by atoms with van der Waals surface area (Å²) in [6.07, 6.45) is -4.44. The van der Waals surface area contributed by atoms with Crippen molar-refractivity contribution in [2.45, 2.75) is 12.7 Å². The molecule has 154 valence electrons. The van der Waals surface area contributed by atoms with Crippen molar-refractivity contribution in [1.29, 1.82) is 0 Å². The second-order valence-corrected chi connectivity index (χ2v) is 7.07. The minimum absolute atomic E-state index is 0.291. The molecule has 0 saturated carbocycles. The zero-order valence-corrected chi connectivity index (χ0v) is 16.1. The molecule has 0 fully saturated rings. The SMILES string of the molecule is FC(F)(F)c1cccc(-c2nnn3c2nc(NCc2ccccc2)c2ccccc23)c1. The molecule has 31 heavy (non-hydrogen) atoms. The molecule has 0 amide bonds. The van der Waals surface area contributed by atoms with Gasteiger partial charge in [-0.3, -0.25) is 0 Å². The summed E-state index contributed by atoms with van der Waals surface area (Å²) < 4.78 is 41.1. The number of nitrogens with one attached hydrogen (secondary N) is 1. The minimum Gasteiger partial charge on any atom is -0.365 e. The highest BCUT2D eigenvalue weighted by atomic mass is 19.4. The van der Waals surface area contributed by atoms with E-state index in [0.717, 1.165) is 28.6 Å². The number of aromatic nitrogens is 4. The summed E-state index contributed by atoms with van der Waals surface area (Å²) in [6, 6.07) is 22.5. The van der Waals surface area contributed by atoms with Gasteiger partial charge in [0.1, 0.15) is 11.5 Å². The molecule has 2 heterocycles. The fourth-order valence-electron chi connectivity index (χ4n) is 3.51. The van der Waals surface area contributed by atoms with E-state index >= 15 is 0 Å². The van der Waals surface area contributed by atoms with Crippen molar-refractivity contribution in [3.8, 4) is 11.3 Å². The predicted octanol–water partition coefficient (Wildman–Crippen LogP) is 5.58. The summed E-state index contributed by atoms with van der Waals surface area (Å²) in [7, 11) is 0. The van der Waals surface area contributed by atoms with Gasteiger partial charge in [0.15, 0.2) is 5.65 Å². The van der Waals surface area contributed by atoms with E-state index in [1.807, 2.05) is 54.6 Å². The molecular weight excluding hydrogens is 403 g/mol. The molecule has 0 radical (unpaired) electrons. The summed E-state index contributed by atoms with van der Waals surface area (Å²) in [5.74, 6) is 0.613. The van der Waals surface area contributed by atoms with E-state index in [1.54, 1.807) is 10.6 Å². The maximum absolute atomic E-state index is 13.2. The van der Waals surface area contributed by atoms with Gasteiger partial charge in [-0.05, 0) is 29.8 Å². The Morgan fingerprint density at radius 2 is 1.65 bits per heavy atom. The van der Waals surface area contributed by atoms with Gasteiger partial charge >= 0.3 is 6.18 Å². The number of nitrogens with zero attached hydrogens (tertiary/aromatic N) is 4. The monoisotopic (exact) mass is 419 g/mol. The summed E-state index contributed by atoms with van der Waals surface area (Å²) in [6.45, 7) is 0.550. The molecule has 0 spiro atoms. The van der Waals surface area contributed by atoms with Gasteiger partial charge in [0.2, 0.25) is 0 Å². The Hall–Kier alpha value is -3.94. The molecule has 5 aromatic rings. The quantitative estimate of drug-likeness (QED) is 0.414. The van der Waals surface area contributed by atoms with Crippen molar-refractivity contribution >= 4 is 22.4 Å². The van der Waals surface area contributed by atoms with Crippen LogP contribution in [0.4, 0.5) is 19.0 Å². The third-order valence-electron chi connectivity index (χ3n) is 5.02. The number of fused-ring (bicyclic) bond motifs is 3. The Kier molecular flexibility index (Phi) is 4.54. The largest absolute Gasteiger partial charge is 0.416 e. The van der Waals surface area contributed by atoms with E-state index < -0.39 is 11.7 Å². The van der Waals surface area contributed by atoms with Crippen LogP contribution >= 0.6 is 0 Å². The Balaban J connectivity index is 1.65. The molecule has 2 aromatic heterocycles. The molecule has 0 atom stereocenters. The van der Waals surface area contributed by atoms with E-state index in [9.17, 15) is 13.2 Å². The summed E-state index contributed by atoms with van der Waals surface area (Å²) in [5.41, 5.74) is 2.08. The van der Waals surface area contributed by atoms with Gasteiger partial charge in [0.25, 0.3) is 0 Å². The van der Waals surface area contributed by atoms with Gasteiger partial charge in [0.05, 0.1) is 11.1 Å². The lowest BCUT2D eigenvalue weighted by Crippen LogP contribution is -2.05. The third-order valence-corrected chi connectivity index (χ3v) is 5.02. The van der Waals surface area contributed by atoms with E-state index in [2.05, 4.69) is 15.6 Å². The fraction of sp³-hybridized carbons (Fsp3) is 0.0870. The van der Waals surface area contributed by atoms with Gasteiger partial charge in [0, 0.05) is 17.5 Å². The van der Waals surface area contributed by atoms with Crippen molar-refractivity contribution in [3.05, 3.63) is 90.0 Å². The molecule has 8 heteroatoms. The van der Waals surface area contributed by atoms with Crippen LogP contribution in [0.15, 0.2) is 78.9 Å². The molecule has 0 saturated heterocycles. The van der Waals surface area contributed by atoms with E-state index in [4.69, 9.17) is 4.98 Å². The Labute approximate surface area is 175 Å². The van der Waals surface area contributed by atoms with Crippen molar-refractivity contribution in [3.63, 3.8) is 0 Å². The summed E-state index contributed by atoms with van der Waals surface area (Å²) >= 11 is 0. The minimum atomic E-state index is -4.44. The Morgan fingerprint density at radius 3 is 2.45 bits per heavy atom. The molecule has 0 aliphatic heterocycles. The number of rotatable bonds is 4. The van der Waals surface area contributed by atoms with Crippen LogP contribution in [0, 0.1) is 0 Å². The average Bonchev–Trinajstić information content (AvgIpc) is 3.22. The summed E-state index contributed by atoms with van der Waals surface area (Å²) in [5, 5.41) is 12.5. The molecule has 3 aromatic carbocycles. The number of halogens is 3. The Morgan fingerprint density at radius 1 is 0.871 bits per heavy atom. The highest BCUT2D eigenvalue weighted by Crippen LogP contribution is 2.33. The third kappa shape index (κ3) is 3.56. The molecule has 0 aliphatic rings. The van der Waals surface area contributed by atoms with E-state index in [1.165, 1.54) is 6.07 Å². The first-order chi connectivity index (χ1) is 15.0. The van der Waals surface area contributed by atoms with Crippen molar-refractivity contribution in [2.24, 2.45) is 0 Å². The lowest BCUT2D eigenvalue weighted by atomic mass is 10.1. The topological polar surface area (TPSA) is 55.1 Å². The number of anilines is 1.